The summed E-state index contributed by atoms with van der Waals surface area (Å²) in [6, 6.07) is 9.77. The van der Waals surface area contributed by atoms with Crippen LogP contribution in [0.1, 0.15) is 36.0 Å². The van der Waals surface area contributed by atoms with E-state index in [2.05, 4.69) is 10.3 Å². The van der Waals surface area contributed by atoms with E-state index in [1.54, 1.807) is 41.4 Å². The highest BCUT2D eigenvalue weighted by atomic mass is 35.5. The zero-order chi connectivity index (χ0) is 28.4. The van der Waals surface area contributed by atoms with E-state index < -0.39 is 39.0 Å². The predicted molar refractivity (Wildman–Crippen MR) is 143 cm³/mol. The van der Waals surface area contributed by atoms with Gasteiger partial charge < -0.3 is 15.1 Å². The Morgan fingerprint density at radius 3 is 2.46 bits per heavy atom. The first-order valence-corrected chi connectivity index (χ1v) is 15.0. The van der Waals surface area contributed by atoms with E-state index in [9.17, 15) is 31.2 Å². The van der Waals surface area contributed by atoms with Gasteiger partial charge in [0.2, 0.25) is 5.91 Å². The van der Waals surface area contributed by atoms with Crippen LogP contribution in [-0.2, 0) is 14.6 Å². The quantitative estimate of drug-likeness (QED) is 0.538. The van der Waals surface area contributed by atoms with Crippen LogP contribution in [0.15, 0.2) is 42.6 Å². The smallest absolute Gasteiger partial charge is 0.354 e. The zero-order valence-electron chi connectivity index (χ0n) is 21.3. The largest absolute Gasteiger partial charge is 0.391 e. The third-order valence-electron chi connectivity index (χ3n) is 7.41. The molecule has 2 amide bonds. The summed E-state index contributed by atoms with van der Waals surface area (Å²) in [6.07, 6.45) is -1.60. The first-order chi connectivity index (χ1) is 18.3. The SMILES string of the molecule is CS(=O)(=O)C1CN(c2ncccc2NC(=O)c2cccc(Cl)c2)CCC1CC(=O)N1CCC(C(F)(F)F)CC1. The van der Waals surface area contributed by atoms with Crippen molar-refractivity contribution in [2.75, 3.05) is 42.7 Å². The molecule has 1 aromatic carbocycles. The first kappa shape index (κ1) is 29.1. The summed E-state index contributed by atoms with van der Waals surface area (Å²) in [6.45, 7) is 0.463. The van der Waals surface area contributed by atoms with Crippen molar-refractivity contribution in [2.45, 2.75) is 37.1 Å². The number of alkyl halides is 3. The van der Waals surface area contributed by atoms with Gasteiger partial charge in [0.05, 0.1) is 16.9 Å². The number of hydrogen-bond acceptors (Lipinski definition) is 6. The third-order valence-corrected chi connectivity index (χ3v) is 9.28. The first-order valence-electron chi connectivity index (χ1n) is 12.6. The predicted octanol–water partition coefficient (Wildman–Crippen LogP) is 4.42. The molecule has 1 N–H and O–H groups in total. The maximum Gasteiger partial charge on any atom is 0.391 e. The Morgan fingerprint density at radius 1 is 1.10 bits per heavy atom. The maximum atomic E-state index is 13.0. The minimum absolute atomic E-state index is 0.00894. The number of hydrogen-bond donors (Lipinski definition) is 1. The van der Waals surface area contributed by atoms with Crippen molar-refractivity contribution in [3.63, 3.8) is 0 Å². The number of carbonyl (C=O) groups is 2. The Hall–Kier alpha value is -2.86. The van der Waals surface area contributed by atoms with Gasteiger partial charge in [-0.2, -0.15) is 13.2 Å². The molecule has 13 heteroatoms. The van der Waals surface area contributed by atoms with Crippen LogP contribution in [0.2, 0.25) is 5.02 Å². The highest BCUT2D eigenvalue weighted by molar-refractivity contribution is 7.91. The lowest BCUT2D eigenvalue weighted by atomic mass is 9.91. The number of likely N-dealkylation sites (tertiary alicyclic amines) is 1. The van der Waals surface area contributed by atoms with Crippen LogP contribution in [0.3, 0.4) is 0 Å². The number of amides is 2. The molecule has 0 saturated carbocycles. The standard InChI is InChI=1S/C26H30ClF3N4O4S/c1-39(37,38)22-16-34(11-7-17(22)15-23(35)33-12-8-19(9-13-33)26(28,29)30)24-21(6-3-10-31-24)32-25(36)18-4-2-5-20(27)14-18/h2-6,10,14,17,19,22H,7-9,11-13,15-16H2,1H3,(H,32,36). The van der Waals surface area contributed by atoms with Gasteiger partial charge in [-0.25, -0.2) is 13.4 Å². The van der Waals surface area contributed by atoms with Crippen LogP contribution in [0, 0.1) is 11.8 Å². The van der Waals surface area contributed by atoms with Crippen molar-refractivity contribution in [1.29, 1.82) is 0 Å². The maximum absolute atomic E-state index is 13.0. The van der Waals surface area contributed by atoms with Gasteiger partial charge in [0.15, 0.2) is 15.7 Å². The highest BCUT2D eigenvalue weighted by Crippen LogP contribution is 2.36. The molecule has 2 aliphatic heterocycles. The second kappa shape index (κ2) is 11.7. The topological polar surface area (TPSA) is 99.7 Å². The number of rotatable bonds is 6. The molecular weight excluding hydrogens is 557 g/mol. The van der Waals surface area contributed by atoms with Gasteiger partial charge in [-0.1, -0.05) is 17.7 Å². The number of sulfone groups is 1. The Bertz CT molecular complexity index is 1320. The van der Waals surface area contributed by atoms with Crippen molar-refractivity contribution in [1.82, 2.24) is 9.88 Å². The molecule has 0 radical (unpaired) electrons. The average Bonchev–Trinajstić information content (AvgIpc) is 2.88. The van der Waals surface area contributed by atoms with Crippen molar-refractivity contribution >= 4 is 44.8 Å². The molecule has 0 spiro atoms. The molecule has 2 unspecified atom stereocenters. The van der Waals surface area contributed by atoms with Gasteiger partial charge in [0.1, 0.15) is 0 Å². The fourth-order valence-electron chi connectivity index (χ4n) is 5.26. The van der Waals surface area contributed by atoms with Gasteiger partial charge in [-0.3, -0.25) is 9.59 Å². The summed E-state index contributed by atoms with van der Waals surface area (Å²) in [7, 11) is -3.60. The number of piperidine rings is 2. The van der Waals surface area contributed by atoms with Crippen LogP contribution >= 0.6 is 11.6 Å². The molecule has 0 aliphatic carbocycles. The number of nitrogens with one attached hydrogen (secondary N) is 1. The van der Waals surface area contributed by atoms with Gasteiger partial charge in [-0.05, 0) is 55.5 Å². The van der Waals surface area contributed by atoms with Crippen LogP contribution in [0.25, 0.3) is 0 Å². The molecule has 0 bridgehead atoms. The molecule has 2 saturated heterocycles. The average molecular weight is 587 g/mol. The molecule has 212 valence electrons. The fraction of sp³-hybridized carbons (Fsp3) is 0.500. The monoisotopic (exact) mass is 586 g/mol. The summed E-state index contributed by atoms with van der Waals surface area (Å²) in [5.74, 6) is -2.23. The minimum atomic E-state index is -4.28. The highest BCUT2D eigenvalue weighted by Gasteiger charge is 2.43. The van der Waals surface area contributed by atoms with E-state index in [0.29, 0.717) is 35.1 Å². The molecule has 3 heterocycles. The van der Waals surface area contributed by atoms with Gasteiger partial charge in [0, 0.05) is 55.6 Å². The molecule has 2 aromatic rings. The van der Waals surface area contributed by atoms with E-state index in [0.717, 1.165) is 6.26 Å². The lowest BCUT2D eigenvalue weighted by Crippen LogP contribution is -2.50. The van der Waals surface area contributed by atoms with E-state index in [1.165, 1.54) is 11.0 Å². The molecule has 2 atom stereocenters. The van der Waals surface area contributed by atoms with Crippen LogP contribution in [0.4, 0.5) is 24.7 Å². The summed E-state index contributed by atoms with van der Waals surface area (Å²) in [5.41, 5.74) is 0.750. The van der Waals surface area contributed by atoms with Crippen LogP contribution < -0.4 is 10.2 Å². The second-order valence-electron chi connectivity index (χ2n) is 10.1. The van der Waals surface area contributed by atoms with Crippen molar-refractivity contribution < 1.29 is 31.2 Å². The van der Waals surface area contributed by atoms with Crippen LogP contribution in [-0.4, -0.2) is 74.0 Å². The van der Waals surface area contributed by atoms with Gasteiger partial charge in [-0.15, -0.1) is 0 Å². The molecule has 4 rings (SSSR count). The number of pyridine rings is 1. The molecule has 1 aromatic heterocycles. The molecule has 39 heavy (non-hydrogen) atoms. The summed E-state index contributed by atoms with van der Waals surface area (Å²) in [4.78, 5) is 33.3. The normalized spacial score (nSPS) is 21.1. The second-order valence-corrected chi connectivity index (χ2v) is 12.8. The number of halogens is 4. The van der Waals surface area contributed by atoms with Crippen molar-refractivity contribution in [2.24, 2.45) is 11.8 Å². The number of anilines is 2. The Morgan fingerprint density at radius 2 is 1.82 bits per heavy atom. The molecule has 8 nitrogen and oxygen atoms in total. The minimum Gasteiger partial charge on any atom is -0.354 e. The van der Waals surface area contributed by atoms with E-state index in [4.69, 9.17) is 11.6 Å². The zero-order valence-corrected chi connectivity index (χ0v) is 22.9. The van der Waals surface area contributed by atoms with Gasteiger partial charge >= 0.3 is 6.18 Å². The van der Waals surface area contributed by atoms with E-state index >= 15 is 0 Å². The molecule has 2 aliphatic rings. The molecular formula is C26H30ClF3N4O4S. The van der Waals surface area contributed by atoms with Crippen molar-refractivity contribution in [3.8, 4) is 0 Å². The summed E-state index contributed by atoms with van der Waals surface area (Å²) < 4.78 is 64.6. The lowest BCUT2D eigenvalue weighted by molar-refractivity contribution is -0.186. The number of carbonyl (C=O) groups excluding carboxylic acids is 2. The van der Waals surface area contributed by atoms with Crippen LogP contribution in [0.5, 0.6) is 0 Å². The molecule has 2 fully saturated rings. The lowest BCUT2D eigenvalue weighted by Gasteiger charge is -2.40. The Kier molecular flexibility index (Phi) is 8.75. The summed E-state index contributed by atoms with van der Waals surface area (Å²) >= 11 is 6.00. The fourth-order valence-corrected chi connectivity index (χ4v) is 6.83. The van der Waals surface area contributed by atoms with Crippen molar-refractivity contribution in [3.05, 3.63) is 53.2 Å². The third kappa shape index (κ3) is 7.21. The van der Waals surface area contributed by atoms with E-state index in [-0.39, 0.29) is 44.8 Å². The van der Waals surface area contributed by atoms with Gasteiger partial charge in [0.25, 0.3) is 5.91 Å². The number of nitrogens with zero attached hydrogens (tertiary/aromatic N) is 3. The van der Waals surface area contributed by atoms with E-state index in [1.807, 2.05) is 0 Å². The Labute approximate surface area is 230 Å². The summed E-state index contributed by atoms with van der Waals surface area (Å²) in [5, 5.41) is 2.33. The Balaban J connectivity index is 1.45. The number of benzene rings is 1. The number of aromatic nitrogens is 1.